The number of hydrogen-bond donors (Lipinski definition) is 2. The number of fused-ring (bicyclic) bond motifs is 2. The molecule has 0 spiro atoms. The minimum absolute atomic E-state index is 0.100. The second kappa shape index (κ2) is 9.98. The number of amides is 1. The number of hydrogen-bond acceptors (Lipinski definition) is 4. The van der Waals surface area contributed by atoms with Crippen LogP contribution in [0.15, 0.2) is 112 Å². The molecule has 0 atom stereocenters. The molecule has 0 aromatic heterocycles. The molecule has 0 radical (unpaired) electrons. The van der Waals surface area contributed by atoms with Gasteiger partial charge >= 0.3 is 0 Å². The summed E-state index contributed by atoms with van der Waals surface area (Å²) in [5.74, 6) is 0.0927. The van der Waals surface area contributed by atoms with Crippen LogP contribution in [0.25, 0.3) is 0 Å². The van der Waals surface area contributed by atoms with Gasteiger partial charge in [-0.2, -0.15) is 0 Å². The zero-order valence-electron chi connectivity index (χ0n) is 18.6. The van der Waals surface area contributed by atoms with Crippen molar-refractivity contribution in [2.24, 2.45) is 4.99 Å². The van der Waals surface area contributed by atoms with Crippen molar-refractivity contribution in [1.29, 1.82) is 0 Å². The number of phenols is 1. The Morgan fingerprint density at radius 1 is 0.853 bits per heavy atom. The Hall–Kier alpha value is -3.83. The van der Waals surface area contributed by atoms with Gasteiger partial charge in [-0.25, -0.2) is 4.99 Å². The Morgan fingerprint density at radius 3 is 2.53 bits per heavy atom. The molecule has 0 fully saturated rings. The van der Waals surface area contributed by atoms with E-state index >= 15 is 0 Å². The average molecular weight is 465 g/mol. The minimum Gasteiger partial charge on any atom is -0.508 e. The number of nitrogens with zero attached hydrogens (tertiary/aromatic N) is 1. The van der Waals surface area contributed by atoms with Crippen molar-refractivity contribution in [1.82, 2.24) is 5.32 Å². The Kier molecular flexibility index (Phi) is 6.45. The van der Waals surface area contributed by atoms with E-state index in [2.05, 4.69) is 23.5 Å². The second-order valence-electron chi connectivity index (χ2n) is 8.14. The van der Waals surface area contributed by atoms with E-state index in [1.807, 2.05) is 66.7 Å². The summed E-state index contributed by atoms with van der Waals surface area (Å²) in [5.41, 5.74) is 5.21. The fourth-order valence-corrected chi connectivity index (χ4v) is 5.00. The van der Waals surface area contributed by atoms with E-state index in [1.54, 1.807) is 23.9 Å². The molecule has 34 heavy (non-hydrogen) atoms. The molecule has 0 saturated heterocycles. The molecule has 0 bridgehead atoms. The monoisotopic (exact) mass is 464 g/mol. The number of nitrogens with one attached hydrogen (secondary N) is 1. The summed E-state index contributed by atoms with van der Waals surface area (Å²) >= 11 is 1.64. The number of aliphatic imine (C=N–C) groups is 1. The SMILES string of the molecule is O=C(NCCCc1ccccc1)c1ccc2c(c1)N=C(c1cccc(O)c1)c1ccccc1S2. The molecular weight excluding hydrogens is 440 g/mol. The smallest absolute Gasteiger partial charge is 0.251 e. The van der Waals surface area contributed by atoms with Crippen LogP contribution in [0.3, 0.4) is 0 Å². The first-order chi connectivity index (χ1) is 16.7. The Labute approximate surface area is 203 Å². The van der Waals surface area contributed by atoms with Crippen LogP contribution < -0.4 is 5.32 Å². The number of aryl methyl sites for hydroxylation is 1. The van der Waals surface area contributed by atoms with Crippen molar-refractivity contribution in [3.05, 3.63) is 119 Å². The Morgan fingerprint density at radius 2 is 1.68 bits per heavy atom. The molecule has 1 amide bonds. The molecule has 5 rings (SSSR count). The summed E-state index contributed by atoms with van der Waals surface area (Å²) < 4.78 is 0. The summed E-state index contributed by atoms with van der Waals surface area (Å²) in [7, 11) is 0. The van der Waals surface area contributed by atoms with Crippen LogP contribution in [0.5, 0.6) is 5.75 Å². The highest BCUT2D eigenvalue weighted by molar-refractivity contribution is 7.99. The highest BCUT2D eigenvalue weighted by Gasteiger charge is 2.20. The molecule has 5 heteroatoms. The van der Waals surface area contributed by atoms with Crippen molar-refractivity contribution in [3.63, 3.8) is 0 Å². The van der Waals surface area contributed by atoms with E-state index in [4.69, 9.17) is 4.99 Å². The second-order valence-corrected chi connectivity index (χ2v) is 9.22. The lowest BCUT2D eigenvalue weighted by Gasteiger charge is -2.09. The standard InChI is InChI=1S/C29H24N2O2S/c32-23-12-6-11-21(18-23)28-24-13-4-5-14-26(24)34-27-16-15-22(19-25(27)31-28)29(33)30-17-7-10-20-8-2-1-3-9-20/h1-6,8-9,11-16,18-19,32H,7,10,17H2,(H,30,33). The first-order valence-electron chi connectivity index (χ1n) is 11.3. The maximum absolute atomic E-state index is 12.8. The summed E-state index contributed by atoms with van der Waals surface area (Å²) in [6, 6.07) is 31.2. The third kappa shape index (κ3) is 4.90. The molecule has 0 aliphatic carbocycles. The molecule has 2 N–H and O–H groups in total. The van der Waals surface area contributed by atoms with Gasteiger partial charge in [0, 0.05) is 33.0 Å². The Balaban J connectivity index is 1.39. The third-order valence-corrected chi connectivity index (χ3v) is 6.85. The van der Waals surface area contributed by atoms with Crippen LogP contribution in [-0.4, -0.2) is 23.3 Å². The van der Waals surface area contributed by atoms with E-state index in [0.717, 1.165) is 45.2 Å². The summed E-state index contributed by atoms with van der Waals surface area (Å²) in [4.78, 5) is 19.9. The molecule has 1 heterocycles. The van der Waals surface area contributed by atoms with Gasteiger partial charge < -0.3 is 10.4 Å². The first kappa shape index (κ1) is 22.0. The third-order valence-electron chi connectivity index (χ3n) is 5.71. The maximum Gasteiger partial charge on any atom is 0.251 e. The normalized spacial score (nSPS) is 12.2. The van der Waals surface area contributed by atoms with Crippen molar-refractivity contribution < 1.29 is 9.90 Å². The van der Waals surface area contributed by atoms with Gasteiger partial charge in [-0.05, 0) is 54.8 Å². The van der Waals surface area contributed by atoms with Crippen LogP contribution >= 0.6 is 11.8 Å². The maximum atomic E-state index is 12.8. The van der Waals surface area contributed by atoms with Gasteiger partial charge in [-0.3, -0.25) is 4.79 Å². The van der Waals surface area contributed by atoms with Gasteiger partial charge in [0.15, 0.2) is 0 Å². The molecule has 168 valence electrons. The lowest BCUT2D eigenvalue weighted by atomic mass is 10.0. The highest BCUT2D eigenvalue weighted by Crippen LogP contribution is 2.41. The quantitative estimate of drug-likeness (QED) is 0.286. The molecule has 4 aromatic rings. The van der Waals surface area contributed by atoms with Crippen LogP contribution in [-0.2, 0) is 6.42 Å². The average Bonchev–Trinajstić information content (AvgIpc) is 3.03. The van der Waals surface area contributed by atoms with Crippen LogP contribution in [0.1, 0.15) is 33.5 Å². The van der Waals surface area contributed by atoms with Crippen LogP contribution in [0.4, 0.5) is 5.69 Å². The van der Waals surface area contributed by atoms with Gasteiger partial charge in [0.1, 0.15) is 5.75 Å². The zero-order chi connectivity index (χ0) is 23.3. The van der Waals surface area contributed by atoms with Gasteiger partial charge in [0.05, 0.1) is 11.4 Å². The minimum atomic E-state index is -0.100. The molecule has 1 aliphatic rings. The summed E-state index contributed by atoms with van der Waals surface area (Å²) in [6.45, 7) is 0.614. The van der Waals surface area contributed by atoms with E-state index in [9.17, 15) is 9.90 Å². The van der Waals surface area contributed by atoms with Gasteiger partial charge in [0.2, 0.25) is 0 Å². The van der Waals surface area contributed by atoms with Crippen LogP contribution in [0, 0.1) is 0 Å². The number of rotatable bonds is 6. The van der Waals surface area contributed by atoms with E-state index in [1.165, 1.54) is 5.56 Å². The molecule has 0 saturated carbocycles. The zero-order valence-corrected chi connectivity index (χ0v) is 19.4. The lowest BCUT2D eigenvalue weighted by Crippen LogP contribution is -2.24. The summed E-state index contributed by atoms with van der Waals surface area (Å²) in [5, 5.41) is 13.1. The van der Waals surface area contributed by atoms with Crippen LogP contribution in [0.2, 0.25) is 0 Å². The molecular formula is C29H24N2O2S. The number of phenolic OH excluding ortho intramolecular Hbond substituents is 1. The number of carbonyl (C=O) groups excluding carboxylic acids is 1. The fourth-order valence-electron chi connectivity index (χ4n) is 4.00. The molecule has 1 aliphatic heterocycles. The number of carbonyl (C=O) groups is 1. The largest absolute Gasteiger partial charge is 0.508 e. The Bertz CT molecular complexity index is 1370. The summed E-state index contributed by atoms with van der Waals surface area (Å²) in [6.07, 6.45) is 1.81. The predicted octanol–water partition coefficient (Wildman–Crippen LogP) is 6.39. The van der Waals surface area contributed by atoms with E-state index in [0.29, 0.717) is 12.1 Å². The molecule has 4 nitrogen and oxygen atoms in total. The van der Waals surface area contributed by atoms with E-state index in [-0.39, 0.29) is 11.7 Å². The predicted molar refractivity (Wildman–Crippen MR) is 138 cm³/mol. The van der Waals surface area contributed by atoms with Gasteiger partial charge in [-0.15, -0.1) is 0 Å². The number of benzene rings is 4. The van der Waals surface area contributed by atoms with Crippen molar-refractivity contribution >= 4 is 29.1 Å². The highest BCUT2D eigenvalue weighted by atomic mass is 32.2. The van der Waals surface area contributed by atoms with Gasteiger partial charge in [0.25, 0.3) is 5.91 Å². The van der Waals surface area contributed by atoms with Crippen molar-refractivity contribution in [3.8, 4) is 5.75 Å². The lowest BCUT2D eigenvalue weighted by molar-refractivity contribution is 0.0953. The van der Waals surface area contributed by atoms with E-state index < -0.39 is 0 Å². The first-order valence-corrected chi connectivity index (χ1v) is 12.1. The van der Waals surface area contributed by atoms with Gasteiger partial charge in [-0.1, -0.05) is 72.4 Å². The molecule has 0 unspecified atom stereocenters. The fraction of sp³-hybridized carbons (Fsp3) is 0.103. The molecule has 4 aromatic carbocycles. The van der Waals surface area contributed by atoms with Crippen molar-refractivity contribution in [2.75, 3.05) is 6.54 Å². The number of aromatic hydroxyl groups is 1. The topological polar surface area (TPSA) is 61.7 Å². The van der Waals surface area contributed by atoms with Crippen molar-refractivity contribution in [2.45, 2.75) is 22.6 Å².